The minimum Gasteiger partial charge on any atom is -0.394 e. The molecule has 0 spiro atoms. The minimum atomic E-state index is -1.07. The van der Waals surface area contributed by atoms with Crippen LogP contribution in [0.1, 0.15) is 348 Å². The van der Waals surface area contributed by atoms with Crippen LogP contribution in [-0.4, -0.2) is 46.1 Å². The second-order valence-corrected chi connectivity index (χ2v) is 20.9. The molecule has 0 aromatic rings. The Kier molecular flexibility index (Phi) is 54.4. The van der Waals surface area contributed by atoms with Crippen molar-refractivity contribution >= 4 is 5.91 Å². The topological polar surface area (TPSA) is 89.8 Å². The summed E-state index contributed by atoms with van der Waals surface area (Å²) in [4.78, 5) is 12.6. The van der Waals surface area contributed by atoms with E-state index >= 15 is 0 Å². The van der Waals surface area contributed by atoms with Crippen molar-refractivity contribution in [3.05, 3.63) is 0 Å². The van der Waals surface area contributed by atoms with Gasteiger partial charge in [-0.3, -0.25) is 4.79 Å². The molecule has 0 aromatic heterocycles. The van der Waals surface area contributed by atoms with Gasteiger partial charge in [0.15, 0.2) is 0 Å². The van der Waals surface area contributed by atoms with Gasteiger partial charge >= 0.3 is 0 Å². The molecule has 0 bridgehead atoms. The van der Waals surface area contributed by atoms with E-state index in [9.17, 15) is 20.1 Å². The van der Waals surface area contributed by atoms with Crippen molar-refractivity contribution in [2.75, 3.05) is 6.61 Å². The van der Waals surface area contributed by atoms with E-state index in [0.717, 1.165) is 32.1 Å². The molecular formula is C59H119NO4. The summed E-state index contributed by atoms with van der Waals surface area (Å²) in [5, 5.41) is 33.6. The molecule has 0 aromatic carbocycles. The van der Waals surface area contributed by atoms with Gasteiger partial charge in [0.2, 0.25) is 5.91 Å². The fraction of sp³-hybridized carbons (Fsp3) is 0.983. The standard InChI is InChI=1S/C59H119NO4/c1-3-5-7-9-11-13-15-17-19-21-23-25-27-29-30-32-34-36-38-40-42-44-46-48-50-52-54-58(63)59(64)60-56(55-61)57(62)53-51-49-47-45-43-41-39-37-35-33-31-28-26-24-22-20-18-16-14-12-10-8-6-4-2/h56-58,61-63H,3-55H2,1-2H3,(H,60,64). The van der Waals surface area contributed by atoms with Crippen LogP contribution in [0.5, 0.6) is 0 Å². The van der Waals surface area contributed by atoms with Crippen molar-refractivity contribution in [3.63, 3.8) is 0 Å². The van der Waals surface area contributed by atoms with E-state index in [1.807, 2.05) is 0 Å². The van der Waals surface area contributed by atoms with E-state index in [2.05, 4.69) is 19.2 Å². The third-order valence-corrected chi connectivity index (χ3v) is 14.5. The summed E-state index contributed by atoms with van der Waals surface area (Å²) in [5.74, 6) is -0.461. The smallest absolute Gasteiger partial charge is 0.249 e. The highest BCUT2D eigenvalue weighted by Gasteiger charge is 2.23. The first-order valence-corrected chi connectivity index (χ1v) is 29.8. The molecule has 384 valence electrons. The molecule has 0 aliphatic rings. The van der Waals surface area contributed by atoms with Crippen LogP contribution in [-0.2, 0) is 4.79 Å². The normalized spacial score (nSPS) is 13.1. The number of aliphatic hydroxyl groups excluding tert-OH is 3. The molecule has 0 rings (SSSR count). The Morgan fingerprint density at radius 2 is 0.500 bits per heavy atom. The monoisotopic (exact) mass is 906 g/mol. The fourth-order valence-corrected chi connectivity index (χ4v) is 9.84. The third kappa shape index (κ3) is 49.3. The summed E-state index contributed by atoms with van der Waals surface area (Å²) in [6.45, 7) is 4.29. The first-order chi connectivity index (χ1) is 31.6. The average molecular weight is 907 g/mol. The summed E-state index contributed by atoms with van der Waals surface area (Å²) >= 11 is 0. The van der Waals surface area contributed by atoms with Gasteiger partial charge in [-0.25, -0.2) is 0 Å². The number of carbonyl (C=O) groups is 1. The number of carbonyl (C=O) groups excluding carboxylic acids is 1. The molecule has 0 aliphatic heterocycles. The summed E-state index contributed by atoms with van der Waals surface area (Å²) in [6.07, 6.45) is 67.3. The predicted octanol–water partition coefficient (Wildman–Crippen LogP) is 18.5. The highest BCUT2D eigenvalue weighted by atomic mass is 16.3. The first kappa shape index (κ1) is 63.4. The number of unbranched alkanes of at least 4 members (excludes halogenated alkanes) is 48. The Labute approximate surface area is 402 Å². The van der Waals surface area contributed by atoms with Crippen LogP contribution in [0.25, 0.3) is 0 Å². The Morgan fingerprint density at radius 3 is 0.703 bits per heavy atom. The van der Waals surface area contributed by atoms with Crippen LogP contribution in [0.2, 0.25) is 0 Å². The van der Waals surface area contributed by atoms with E-state index in [4.69, 9.17) is 0 Å². The summed E-state index contributed by atoms with van der Waals surface area (Å²) < 4.78 is 0. The second-order valence-electron chi connectivity index (χ2n) is 20.9. The lowest BCUT2D eigenvalue weighted by Crippen LogP contribution is -2.49. The molecule has 3 unspecified atom stereocenters. The molecule has 0 aliphatic carbocycles. The number of aliphatic hydroxyl groups is 3. The van der Waals surface area contributed by atoms with Crippen LogP contribution < -0.4 is 5.32 Å². The predicted molar refractivity (Wildman–Crippen MR) is 282 cm³/mol. The first-order valence-electron chi connectivity index (χ1n) is 29.8. The molecule has 0 heterocycles. The fourth-order valence-electron chi connectivity index (χ4n) is 9.84. The lowest BCUT2D eigenvalue weighted by atomic mass is 10.0. The maximum Gasteiger partial charge on any atom is 0.249 e. The van der Waals surface area contributed by atoms with Crippen molar-refractivity contribution in [2.45, 2.75) is 366 Å². The minimum absolute atomic E-state index is 0.307. The molecule has 0 saturated heterocycles. The molecule has 5 heteroatoms. The van der Waals surface area contributed by atoms with Crippen LogP contribution in [0.3, 0.4) is 0 Å². The molecule has 0 fully saturated rings. The third-order valence-electron chi connectivity index (χ3n) is 14.5. The zero-order valence-corrected chi connectivity index (χ0v) is 44.0. The number of hydrogen-bond donors (Lipinski definition) is 4. The quantitative estimate of drug-likeness (QED) is 0.0458. The van der Waals surface area contributed by atoms with Gasteiger partial charge in [-0.2, -0.15) is 0 Å². The van der Waals surface area contributed by atoms with Crippen molar-refractivity contribution in [1.82, 2.24) is 5.32 Å². The van der Waals surface area contributed by atoms with E-state index in [1.165, 1.54) is 289 Å². The van der Waals surface area contributed by atoms with Crippen LogP contribution in [0.15, 0.2) is 0 Å². The molecule has 0 radical (unpaired) electrons. The van der Waals surface area contributed by atoms with Crippen LogP contribution in [0, 0.1) is 0 Å². The SMILES string of the molecule is CCCCCCCCCCCCCCCCCCCCCCCCCCCCC(O)C(=O)NC(CO)C(O)CCCCCCCCCCCCCCCCCCCCCCCCCC. The van der Waals surface area contributed by atoms with Crippen molar-refractivity contribution in [1.29, 1.82) is 0 Å². The Morgan fingerprint density at radius 1 is 0.312 bits per heavy atom. The zero-order chi connectivity index (χ0) is 46.5. The summed E-state index contributed by atoms with van der Waals surface area (Å²) in [7, 11) is 0. The lowest BCUT2D eigenvalue weighted by molar-refractivity contribution is -0.131. The van der Waals surface area contributed by atoms with Gasteiger partial charge < -0.3 is 20.6 Å². The van der Waals surface area contributed by atoms with Gasteiger partial charge in [0.1, 0.15) is 6.10 Å². The van der Waals surface area contributed by atoms with Crippen LogP contribution in [0.4, 0.5) is 0 Å². The number of hydrogen-bond acceptors (Lipinski definition) is 4. The van der Waals surface area contributed by atoms with Crippen molar-refractivity contribution < 1.29 is 20.1 Å². The molecule has 1 amide bonds. The second kappa shape index (κ2) is 55.0. The van der Waals surface area contributed by atoms with Gasteiger partial charge in [0, 0.05) is 0 Å². The molecule has 0 saturated carbocycles. The molecule has 5 nitrogen and oxygen atoms in total. The van der Waals surface area contributed by atoms with Crippen molar-refractivity contribution in [2.24, 2.45) is 0 Å². The highest BCUT2D eigenvalue weighted by molar-refractivity contribution is 5.80. The maximum absolute atomic E-state index is 12.6. The number of rotatable bonds is 56. The van der Waals surface area contributed by atoms with E-state index in [1.54, 1.807) is 0 Å². The highest BCUT2D eigenvalue weighted by Crippen LogP contribution is 2.19. The van der Waals surface area contributed by atoms with Crippen molar-refractivity contribution in [3.8, 4) is 0 Å². The van der Waals surface area contributed by atoms with Crippen LogP contribution >= 0.6 is 0 Å². The summed E-state index contributed by atoms with van der Waals surface area (Å²) in [5.41, 5.74) is 0. The number of amides is 1. The molecule has 64 heavy (non-hydrogen) atoms. The largest absolute Gasteiger partial charge is 0.394 e. The molecule has 4 N–H and O–H groups in total. The Balaban J connectivity index is 3.47. The average Bonchev–Trinajstić information content (AvgIpc) is 3.30. The molecular weight excluding hydrogens is 787 g/mol. The van der Waals surface area contributed by atoms with Gasteiger partial charge in [-0.05, 0) is 12.8 Å². The maximum atomic E-state index is 12.6. The van der Waals surface area contributed by atoms with Gasteiger partial charge in [-0.15, -0.1) is 0 Å². The summed E-state index contributed by atoms with van der Waals surface area (Å²) in [6, 6.07) is -0.708. The van der Waals surface area contributed by atoms with E-state index in [-0.39, 0.29) is 6.61 Å². The van der Waals surface area contributed by atoms with Gasteiger partial charge in [0.25, 0.3) is 0 Å². The van der Waals surface area contributed by atoms with Gasteiger partial charge in [-0.1, -0.05) is 335 Å². The lowest BCUT2D eigenvalue weighted by Gasteiger charge is -2.23. The van der Waals surface area contributed by atoms with Gasteiger partial charge in [0.05, 0.1) is 18.8 Å². The van der Waals surface area contributed by atoms with E-state index < -0.39 is 24.2 Å². The number of nitrogens with one attached hydrogen (secondary N) is 1. The Hall–Kier alpha value is -0.650. The van der Waals surface area contributed by atoms with E-state index in [0.29, 0.717) is 12.8 Å². The zero-order valence-electron chi connectivity index (χ0n) is 44.0. The Bertz CT molecular complexity index is 868. The molecule has 3 atom stereocenters.